The molecule has 0 aromatic carbocycles. The minimum absolute atomic E-state index is 0. The summed E-state index contributed by atoms with van der Waals surface area (Å²) in [6.07, 6.45) is 4.08. The van der Waals surface area contributed by atoms with Crippen molar-refractivity contribution >= 4 is 0 Å². The zero-order valence-corrected chi connectivity index (χ0v) is 7.67. The molecular weight excluding hydrogens is 256 g/mol. The van der Waals surface area contributed by atoms with Crippen molar-refractivity contribution in [3.63, 3.8) is 0 Å². The molecule has 1 rings (SSSR count). The van der Waals surface area contributed by atoms with E-state index in [1.807, 2.05) is 0 Å². The molecule has 0 aliphatic heterocycles. The van der Waals surface area contributed by atoms with E-state index in [-0.39, 0.29) is 21.1 Å². The molecular formula is C6H11W-. The SMILES string of the molecule is [CH2-]C1(C)CCC1.[W]. The van der Waals surface area contributed by atoms with Gasteiger partial charge in [0, 0.05) is 21.1 Å². The summed E-state index contributed by atoms with van der Waals surface area (Å²) in [7, 11) is 0. The largest absolute Gasteiger partial charge is 0.337 e. The third-order valence-corrected chi connectivity index (χ3v) is 1.56. The normalized spacial score (nSPS) is 24.9. The van der Waals surface area contributed by atoms with Gasteiger partial charge in [-0.25, -0.2) is 0 Å². The van der Waals surface area contributed by atoms with Crippen molar-refractivity contribution in [3.05, 3.63) is 6.92 Å². The quantitative estimate of drug-likeness (QED) is 0.589. The maximum atomic E-state index is 3.98. The Morgan fingerprint density at radius 1 is 1.43 bits per heavy atom. The van der Waals surface area contributed by atoms with Crippen LogP contribution in [-0.4, -0.2) is 0 Å². The van der Waals surface area contributed by atoms with Crippen LogP contribution in [-0.2, 0) is 21.1 Å². The second-order valence-corrected chi connectivity index (χ2v) is 2.66. The van der Waals surface area contributed by atoms with E-state index in [1.54, 1.807) is 0 Å². The van der Waals surface area contributed by atoms with E-state index in [2.05, 4.69) is 13.8 Å². The summed E-state index contributed by atoms with van der Waals surface area (Å²) in [5.74, 6) is 0. The van der Waals surface area contributed by atoms with E-state index in [0.717, 1.165) is 0 Å². The minimum Gasteiger partial charge on any atom is -0.337 e. The number of hydrogen-bond donors (Lipinski definition) is 0. The van der Waals surface area contributed by atoms with Gasteiger partial charge in [-0.1, -0.05) is 26.2 Å². The van der Waals surface area contributed by atoms with Crippen molar-refractivity contribution in [1.29, 1.82) is 0 Å². The van der Waals surface area contributed by atoms with Crippen LogP contribution in [0.1, 0.15) is 26.2 Å². The average molecular weight is 267 g/mol. The Balaban J connectivity index is 0.000000360. The smallest absolute Gasteiger partial charge is 0 e. The van der Waals surface area contributed by atoms with Gasteiger partial charge in [-0.2, -0.15) is 5.41 Å². The fourth-order valence-electron chi connectivity index (χ4n) is 0.780. The Labute approximate surface area is 59.9 Å². The second-order valence-electron chi connectivity index (χ2n) is 2.66. The predicted molar refractivity (Wildman–Crippen MR) is 27.3 cm³/mol. The van der Waals surface area contributed by atoms with Crippen molar-refractivity contribution in [3.8, 4) is 0 Å². The number of hydrogen-bond acceptors (Lipinski definition) is 0. The van der Waals surface area contributed by atoms with Gasteiger partial charge in [-0.3, -0.25) is 0 Å². The summed E-state index contributed by atoms with van der Waals surface area (Å²) < 4.78 is 0. The monoisotopic (exact) mass is 267 g/mol. The molecule has 0 atom stereocenters. The van der Waals surface area contributed by atoms with Gasteiger partial charge in [0.25, 0.3) is 0 Å². The predicted octanol–water partition coefficient (Wildman–Crippen LogP) is 2.01. The van der Waals surface area contributed by atoms with E-state index >= 15 is 0 Å². The van der Waals surface area contributed by atoms with Crippen LogP contribution >= 0.6 is 0 Å². The molecule has 1 saturated carbocycles. The summed E-state index contributed by atoms with van der Waals surface area (Å²) >= 11 is 0. The molecule has 0 spiro atoms. The van der Waals surface area contributed by atoms with Crippen molar-refractivity contribution in [1.82, 2.24) is 0 Å². The van der Waals surface area contributed by atoms with Gasteiger partial charge >= 0.3 is 0 Å². The van der Waals surface area contributed by atoms with Gasteiger partial charge in [0.2, 0.25) is 0 Å². The Morgan fingerprint density at radius 3 is 1.71 bits per heavy atom. The molecule has 0 saturated heterocycles. The molecule has 0 aromatic heterocycles. The molecule has 1 fully saturated rings. The molecule has 42 valence electrons. The Kier molecular flexibility index (Phi) is 2.53. The van der Waals surface area contributed by atoms with Crippen LogP contribution in [0.3, 0.4) is 0 Å². The molecule has 0 heterocycles. The van der Waals surface area contributed by atoms with Gasteiger partial charge in [-0.05, 0) is 0 Å². The molecule has 0 aromatic rings. The summed E-state index contributed by atoms with van der Waals surface area (Å²) in [5.41, 5.74) is 0.472. The first-order chi connectivity index (χ1) is 2.71. The Morgan fingerprint density at radius 2 is 1.71 bits per heavy atom. The van der Waals surface area contributed by atoms with Crippen molar-refractivity contribution < 1.29 is 21.1 Å². The van der Waals surface area contributed by atoms with Crippen LogP contribution in [0.15, 0.2) is 0 Å². The molecule has 0 unspecified atom stereocenters. The first-order valence-corrected chi connectivity index (χ1v) is 2.56. The molecule has 1 aliphatic carbocycles. The van der Waals surface area contributed by atoms with E-state index in [4.69, 9.17) is 0 Å². The van der Waals surface area contributed by atoms with Gasteiger partial charge in [0.05, 0.1) is 0 Å². The van der Waals surface area contributed by atoms with Crippen molar-refractivity contribution in [2.24, 2.45) is 5.41 Å². The standard InChI is InChI=1S/C6H11.W/c1-6(2)4-3-5-6;/h1,3-5H2,2H3;/q-1;. The fraction of sp³-hybridized carbons (Fsp3) is 0.833. The van der Waals surface area contributed by atoms with E-state index in [0.29, 0.717) is 5.41 Å². The van der Waals surface area contributed by atoms with Gasteiger partial charge < -0.3 is 6.92 Å². The summed E-state index contributed by atoms with van der Waals surface area (Å²) in [4.78, 5) is 0. The second kappa shape index (κ2) is 2.31. The van der Waals surface area contributed by atoms with Crippen LogP contribution in [0.5, 0.6) is 0 Å². The summed E-state index contributed by atoms with van der Waals surface area (Å²) in [5, 5.41) is 0. The van der Waals surface area contributed by atoms with Crippen molar-refractivity contribution in [2.45, 2.75) is 26.2 Å². The summed E-state index contributed by atoms with van der Waals surface area (Å²) in [6.45, 7) is 6.19. The first kappa shape index (κ1) is 7.69. The zero-order chi connectivity index (χ0) is 4.62. The average Bonchev–Trinajstić information content (AvgIpc) is 1.32. The van der Waals surface area contributed by atoms with E-state index < -0.39 is 0 Å². The zero-order valence-electron chi connectivity index (χ0n) is 4.74. The molecule has 0 bridgehead atoms. The van der Waals surface area contributed by atoms with Crippen molar-refractivity contribution in [2.75, 3.05) is 0 Å². The molecule has 0 nitrogen and oxygen atoms in total. The Hall–Kier alpha value is 0.688. The maximum Gasteiger partial charge on any atom is 0 e. The van der Waals surface area contributed by atoms with E-state index in [1.165, 1.54) is 19.3 Å². The molecule has 1 aliphatic rings. The van der Waals surface area contributed by atoms with E-state index in [9.17, 15) is 0 Å². The van der Waals surface area contributed by atoms with Gasteiger partial charge in [0.15, 0.2) is 0 Å². The van der Waals surface area contributed by atoms with Crippen LogP contribution in [0.4, 0.5) is 0 Å². The first-order valence-electron chi connectivity index (χ1n) is 2.56. The van der Waals surface area contributed by atoms with Crippen LogP contribution in [0, 0.1) is 12.3 Å². The topological polar surface area (TPSA) is 0 Å². The van der Waals surface area contributed by atoms with Crippen LogP contribution < -0.4 is 0 Å². The molecule has 1 heteroatoms. The van der Waals surface area contributed by atoms with Gasteiger partial charge in [-0.15, -0.1) is 0 Å². The molecule has 7 heavy (non-hydrogen) atoms. The van der Waals surface area contributed by atoms with Gasteiger partial charge in [0.1, 0.15) is 0 Å². The van der Waals surface area contributed by atoms with Crippen LogP contribution in [0.2, 0.25) is 0 Å². The molecule has 0 radical (unpaired) electrons. The molecule has 0 amide bonds. The van der Waals surface area contributed by atoms with Crippen LogP contribution in [0.25, 0.3) is 0 Å². The summed E-state index contributed by atoms with van der Waals surface area (Å²) in [6, 6.07) is 0. The third kappa shape index (κ3) is 1.95. The molecule has 0 N–H and O–H groups in total. The Bertz CT molecular complexity index is 51.2. The minimum atomic E-state index is 0. The third-order valence-electron chi connectivity index (χ3n) is 1.56. The maximum absolute atomic E-state index is 3.98. The number of rotatable bonds is 0. The fourth-order valence-corrected chi connectivity index (χ4v) is 0.780.